The summed E-state index contributed by atoms with van der Waals surface area (Å²) in [6.45, 7) is 0. The van der Waals surface area contributed by atoms with Crippen LogP contribution in [-0.2, 0) is 0 Å². The number of nitrogens with zero attached hydrogens (tertiary/aromatic N) is 1. The Bertz CT molecular complexity index is 477. The largest absolute Gasteiger partial charge is 0.475 e. The van der Waals surface area contributed by atoms with Gasteiger partial charge in [0.25, 0.3) is 11.1 Å². The summed E-state index contributed by atoms with van der Waals surface area (Å²) in [7, 11) is 0. The maximum Gasteiger partial charge on any atom is 0.475 e. The Kier molecular flexibility index (Phi) is 1.26. The zero-order chi connectivity index (χ0) is 8.55. The summed E-state index contributed by atoms with van der Waals surface area (Å²) < 4.78 is 0. The highest BCUT2D eigenvalue weighted by Gasteiger charge is 2.13. The number of hydrogen-bond donors (Lipinski definition) is 2. The van der Waals surface area contributed by atoms with Gasteiger partial charge in [0.15, 0.2) is 6.20 Å². The molecule has 0 unspecified atom stereocenters. The fourth-order valence-corrected chi connectivity index (χ4v) is 0.980. The highest BCUT2D eigenvalue weighted by atomic mass is 16.1. The third-order valence-corrected chi connectivity index (χ3v) is 1.47. The summed E-state index contributed by atoms with van der Waals surface area (Å²) in [5.74, 6) is 0.205. The minimum Gasteiger partial charge on any atom is -0.330 e. The van der Waals surface area contributed by atoms with E-state index in [1.807, 2.05) is 0 Å². The maximum absolute atomic E-state index is 11.2. The fraction of sp³-hybridized carbons (Fsp3) is 0. The van der Waals surface area contributed by atoms with E-state index in [0.717, 1.165) is 0 Å². The molecule has 0 bridgehead atoms. The van der Waals surface area contributed by atoms with Crippen molar-refractivity contribution in [2.75, 3.05) is 5.73 Å². The van der Waals surface area contributed by atoms with Gasteiger partial charge >= 0.3 is 11.6 Å². The first-order valence-corrected chi connectivity index (χ1v) is 3.35. The van der Waals surface area contributed by atoms with Crippen LogP contribution in [0.1, 0.15) is 0 Å². The molecule has 2 aromatic heterocycles. The zero-order valence-electron chi connectivity index (χ0n) is 6.09. The van der Waals surface area contributed by atoms with Crippen LogP contribution in [0.25, 0.3) is 11.2 Å². The summed E-state index contributed by atoms with van der Waals surface area (Å²) in [4.78, 5) is 23.0. The van der Waals surface area contributed by atoms with Crippen molar-refractivity contribution in [3.8, 4) is 0 Å². The molecule has 0 spiro atoms. The van der Waals surface area contributed by atoms with Crippen molar-refractivity contribution in [3.63, 3.8) is 0 Å². The smallest absolute Gasteiger partial charge is 0.330 e. The number of aromatic amines is 3. The summed E-state index contributed by atoms with van der Waals surface area (Å²) >= 11 is 0. The Hall–Kier alpha value is -1.98. The highest BCUT2D eigenvalue weighted by molar-refractivity contribution is 5.60. The van der Waals surface area contributed by atoms with Crippen LogP contribution in [0, 0.1) is 0 Å². The molecule has 0 amide bonds. The first-order valence-electron chi connectivity index (χ1n) is 3.35. The van der Waals surface area contributed by atoms with E-state index in [-0.39, 0.29) is 11.5 Å². The highest BCUT2D eigenvalue weighted by Crippen LogP contribution is 1.88. The molecule has 6 heteroatoms. The number of rotatable bonds is 0. The van der Waals surface area contributed by atoms with Gasteiger partial charge in [0, 0.05) is 0 Å². The van der Waals surface area contributed by atoms with Crippen molar-refractivity contribution in [2.45, 2.75) is 0 Å². The Balaban J connectivity index is 2.99. The second-order valence-corrected chi connectivity index (χ2v) is 2.31. The second kappa shape index (κ2) is 2.26. The van der Waals surface area contributed by atoms with Crippen LogP contribution >= 0.6 is 0 Å². The summed E-state index contributed by atoms with van der Waals surface area (Å²) in [6.07, 6.45) is 3.11. The number of aromatic nitrogens is 4. The van der Waals surface area contributed by atoms with Gasteiger partial charge in [-0.1, -0.05) is 0 Å². The van der Waals surface area contributed by atoms with Crippen molar-refractivity contribution in [2.24, 2.45) is 0 Å². The van der Waals surface area contributed by atoms with Gasteiger partial charge in [-0.15, -0.1) is 4.98 Å². The molecule has 5 N–H and O–H groups in total. The van der Waals surface area contributed by atoms with E-state index in [1.165, 1.54) is 6.20 Å². The molecule has 0 aromatic carbocycles. The van der Waals surface area contributed by atoms with Crippen LogP contribution in [-0.4, -0.2) is 9.97 Å². The average Bonchev–Trinajstić information content (AvgIpc) is 2.04. The van der Waals surface area contributed by atoms with E-state index < -0.39 is 0 Å². The van der Waals surface area contributed by atoms with Crippen molar-refractivity contribution >= 4 is 17.1 Å². The van der Waals surface area contributed by atoms with E-state index >= 15 is 0 Å². The summed E-state index contributed by atoms with van der Waals surface area (Å²) in [5, 5.41) is 0. The van der Waals surface area contributed by atoms with Gasteiger partial charge in [0.2, 0.25) is 0 Å². The van der Waals surface area contributed by atoms with Crippen molar-refractivity contribution in [3.05, 3.63) is 22.7 Å². The number of hydrogen-bond acceptors (Lipinski definition) is 3. The molecule has 2 rings (SSSR count). The van der Waals surface area contributed by atoms with Crippen LogP contribution in [0.15, 0.2) is 17.2 Å². The number of nitrogens with two attached hydrogens (primary N) is 1. The summed E-state index contributed by atoms with van der Waals surface area (Å²) in [6, 6.07) is 0. The average molecular weight is 165 g/mol. The van der Waals surface area contributed by atoms with Crippen LogP contribution in [0.2, 0.25) is 0 Å². The lowest BCUT2D eigenvalue weighted by Gasteiger charge is -1.84. The van der Waals surface area contributed by atoms with Crippen molar-refractivity contribution in [1.82, 2.24) is 9.97 Å². The normalized spacial score (nSPS) is 10.3. The van der Waals surface area contributed by atoms with Crippen molar-refractivity contribution < 1.29 is 9.97 Å². The predicted octanol–water partition coefficient (Wildman–Crippen LogP) is -1.87. The topological polar surface area (TPSA) is 100 Å². The van der Waals surface area contributed by atoms with Crippen LogP contribution in [0.3, 0.4) is 0 Å². The molecule has 0 saturated carbocycles. The molecule has 0 saturated heterocycles. The SMILES string of the molecule is Nc1[nH]c(=O)c2ncc[nH+]c2[nH+]1. The molecule has 6 nitrogen and oxygen atoms in total. The van der Waals surface area contributed by atoms with Gasteiger partial charge in [0.05, 0.1) is 6.20 Å². The molecule has 0 aliphatic carbocycles. The lowest BCUT2D eigenvalue weighted by atomic mass is 10.5. The molecule has 0 aliphatic rings. The third-order valence-electron chi connectivity index (χ3n) is 1.47. The third kappa shape index (κ3) is 0.895. The maximum atomic E-state index is 11.2. The first kappa shape index (κ1) is 6.71. The lowest BCUT2D eigenvalue weighted by Crippen LogP contribution is -2.28. The minimum absolute atomic E-state index is 0.205. The number of anilines is 1. The van der Waals surface area contributed by atoms with Crippen LogP contribution in [0.4, 0.5) is 5.95 Å². The minimum atomic E-state index is -0.307. The second-order valence-electron chi connectivity index (χ2n) is 2.31. The standard InChI is InChI=1S/C6H5N5O/c7-6-10-4-3(5(12)11-6)8-1-2-9-4/h1-2H,(H3,7,9,10,11,12)/p+2. The van der Waals surface area contributed by atoms with Crippen LogP contribution < -0.4 is 21.3 Å². The molecular weight excluding hydrogens is 158 g/mol. The van der Waals surface area contributed by atoms with E-state index in [9.17, 15) is 4.79 Å². The number of nitrogen functional groups attached to an aromatic ring is 1. The van der Waals surface area contributed by atoms with E-state index in [1.54, 1.807) is 6.20 Å². The van der Waals surface area contributed by atoms with E-state index in [0.29, 0.717) is 11.2 Å². The molecular formula is C6H7N5O+2. The number of H-pyrrole nitrogens is 3. The molecule has 0 fully saturated rings. The number of fused-ring (bicyclic) bond motifs is 1. The zero-order valence-corrected chi connectivity index (χ0v) is 6.09. The predicted molar refractivity (Wildman–Crippen MR) is 39.9 cm³/mol. The van der Waals surface area contributed by atoms with Crippen molar-refractivity contribution in [1.29, 1.82) is 0 Å². The van der Waals surface area contributed by atoms with Gasteiger partial charge in [0.1, 0.15) is 0 Å². The fourth-order valence-electron chi connectivity index (χ4n) is 0.980. The molecule has 0 aliphatic heterocycles. The molecule has 2 aromatic rings. The Morgan fingerprint density at radius 1 is 1.58 bits per heavy atom. The van der Waals surface area contributed by atoms with Gasteiger partial charge in [-0.3, -0.25) is 9.78 Å². The first-order chi connectivity index (χ1) is 5.77. The van der Waals surface area contributed by atoms with Gasteiger partial charge in [-0.25, -0.2) is 4.98 Å². The quantitative estimate of drug-likeness (QED) is 0.478. The lowest BCUT2D eigenvalue weighted by molar-refractivity contribution is -0.463. The molecule has 0 radical (unpaired) electrons. The number of nitrogens with one attached hydrogen (secondary N) is 3. The monoisotopic (exact) mass is 165 g/mol. The molecule has 12 heavy (non-hydrogen) atoms. The molecule has 0 atom stereocenters. The molecule has 60 valence electrons. The van der Waals surface area contributed by atoms with E-state index in [4.69, 9.17) is 5.73 Å². The van der Waals surface area contributed by atoms with Gasteiger partial charge in [-0.05, 0) is 0 Å². The van der Waals surface area contributed by atoms with E-state index in [2.05, 4.69) is 19.9 Å². The Morgan fingerprint density at radius 2 is 2.42 bits per heavy atom. The Labute approximate surface area is 66.5 Å². The summed E-state index contributed by atoms with van der Waals surface area (Å²) in [5.41, 5.74) is 5.88. The van der Waals surface area contributed by atoms with Gasteiger partial charge in [-0.2, -0.15) is 4.98 Å². The van der Waals surface area contributed by atoms with Gasteiger partial charge < -0.3 is 5.73 Å². The molecule has 2 heterocycles. The van der Waals surface area contributed by atoms with Crippen LogP contribution in [0.5, 0.6) is 0 Å². The Morgan fingerprint density at radius 3 is 3.25 bits per heavy atom.